The Balaban J connectivity index is 1.84. The average Bonchev–Trinajstić information content (AvgIpc) is 2.65. The van der Waals surface area contributed by atoms with Crippen molar-refractivity contribution in [2.45, 2.75) is 12.8 Å². The van der Waals surface area contributed by atoms with Crippen LogP contribution in [-0.2, 0) is 16.1 Å². The van der Waals surface area contributed by atoms with Gasteiger partial charge in [0, 0.05) is 6.54 Å². The molecule has 0 saturated heterocycles. The van der Waals surface area contributed by atoms with Crippen LogP contribution in [0.2, 0.25) is 0 Å². The van der Waals surface area contributed by atoms with Gasteiger partial charge in [-0.25, -0.2) is 9.59 Å². The molecule has 2 rings (SSSR count). The van der Waals surface area contributed by atoms with E-state index in [0.29, 0.717) is 6.54 Å². The van der Waals surface area contributed by atoms with Crippen molar-refractivity contribution in [1.82, 2.24) is 10.6 Å². The van der Waals surface area contributed by atoms with Gasteiger partial charge in [-0.05, 0) is 5.56 Å². The van der Waals surface area contributed by atoms with Crippen LogP contribution in [0.15, 0.2) is 40.4 Å². The van der Waals surface area contributed by atoms with Gasteiger partial charge in [-0.2, -0.15) is 0 Å². The number of rotatable bonds is 3. The third kappa shape index (κ3) is 3.39. The van der Waals surface area contributed by atoms with Crippen molar-refractivity contribution >= 4 is 35.2 Å². The topological polar surface area (TPSA) is 67.4 Å². The first-order chi connectivity index (χ1) is 9.08. The summed E-state index contributed by atoms with van der Waals surface area (Å²) in [6.45, 7) is 0.350. The second kappa shape index (κ2) is 5.95. The molecule has 0 saturated carbocycles. The number of hydrogen-bond acceptors (Lipinski definition) is 3. The number of urea groups is 1. The first kappa shape index (κ1) is 13.7. The van der Waals surface area contributed by atoms with Gasteiger partial charge in [0.15, 0.2) is 0 Å². The molecule has 0 unspecified atom stereocenters. The number of benzene rings is 1. The van der Waals surface area contributed by atoms with E-state index in [2.05, 4.69) is 10.6 Å². The number of amides is 2. The Morgan fingerprint density at radius 1 is 1.26 bits per heavy atom. The molecular formula is C12H10Cl2N2O3. The second-order valence-electron chi connectivity index (χ2n) is 3.76. The molecule has 19 heavy (non-hydrogen) atoms. The van der Waals surface area contributed by atoms with Crippen molar-refractivity contribution in [1.29, 1.82) is 0 Å². The third-order valence-electron chi connectivity index (χ3n) is 2.40. The van der Waals surface area contributed by atoms with E-state index in [9.17, 15) is 9.59 Å². The Kier molecular flexibility index (Phi) is 4.29. The van der Waals surface area contributed by atoms with Gasteiger partial charge in [-0.1, -0.05) is 53.5 Å². The summed E-state index contributed by atoms with van der Waals surface area (Å²) in [5.41, 5.74) is 0.945. The summed E-state index contributed by atoms with van der Waals surface area (Å²) in [6, 6.07) is 8.86. The minimum atomic E-state index is -1.03. The molecule has 1 heterocycles. The zero-order valence-electron chi connectivity index (χ0n) is 9.65. The van der Waals surface area contributed by atoms with Crippen LogP contribution in [0, 0.1) is 0 Å². The number of hydrogen-bond donors (Lipinski definition) is 2. The van der Waals surface area contributed by atoms with E-state index in [4.69, 9.17) is 27.9 Å². The number of esters is 1. The molecule has 0 bridgehead atoms. The summed E-state index contributed by atoms with van der Waals surface area (Å²) >= 11 is 11.3. The Morgan fingerprint density at radius 2 is 1.95 bits per heavy atom. The van der Waals surface area contributed by atoms with Gasteiger partial charge in [0.05, 0.1) is 0 Å². The van der Waals surface area contributed by atoms with Crippen molar-refractivity contribution in [3.63, 3.8) is 0 Å². The molecule has 100 valence electrons. The van der Waals surface area contributed by atoms with E-state index in [0.717, 1.165) is 5.56 Å². The molecule has 0 fully saturated rings. The fourth-order valence-electron chi connectivity index (χ4n) is 1.46. The average molecular weight is 301 g/mol. The van der Waals surface area contributed by atoms with E-state index in [-0.39, 0.29) is 10.1 Å². The van der Waals surface area contributed by atoms with Crippen LogP contribution in [0.4, 0.5) is 4.79 Å². The lowest BCUT2D eigenvalue weighted by atomic mass is 10.2. The lowest BCUT2D eigenvalue weighted by Crippen LogP contribution is -2.42. The molecule has 1 atom stereocenters. The fourth-order valence-corrected chi connectivity index (χ4v) is 1.78. The van der Waals surface area contributed by atoms with Gasteiger partial charge < -0.3 is 10.1 Å². The number of carbonyl (C=O) groups excluding carboxylic acids is 2. The van der Waals surface area contributed by atoms with Crippen LogP contribution in [0.25, 0.3) is 0 Å². The quantitative estimate of drug-likeness (QED) is 0.840. The first-order valence-corrected chi connectivity index (χ1v) is 6.18. The van der Waals surface area contributed by atoms with Crippen LogP contribution in [0.3, 0.4) is 0 Å². The van der Waals surface area contributed by atoms with Crippen molar-refractivity contribution in [2.75, 3.05) is 0 Å². The van der Waals surface area contributed by atoms with Gasteiger partial charge in [0.1, 0.15) is 10.1 Å². The standard InChI is InChI=1S/C12H10Cl2N2O3/c13-8-9(14)11(17)19-10(8)16-12(18)15-6-7-4-2-1-3-5-7/h1-5,10H,6H2,(H2,15,16,18)/t10-/m1/s1. The van der Waals surface area contributed by atoms with E-state index in [1.807, 2.05) is 30.3 Å². The van der Waals surface area contributed by atoms with Gasteiger partial charge >= 0.3 is 12.0 Å². The number of cyclic esters (lactones) is 1. The fraction of sp³-hybridized carbons (Fsp3) is 0.167. The molecule has 0 spiro atoms. The molecule has 2 amide bonds. The Bertz CT molecular complexity index is 531. The number of halogens is 2. The molecule has 1 aromatic carbocycles. The van der Waals surface area contributed by atoms with Crippen LogP contribution in [0.5, 0.6) is 0 Å². The molecule has 5 nitrogen and oxygen atoms in total. The van der Waals surface area contributed by atoms with Crippen molar-refractivity contribution < 1.29 is 14.3 Å². The number of ether oxygens (including phenoxy) is 1. The van der Waals surface area contributed by atoms with Gasteiger partial charge in [-0.3, -0.25) is 5.32 Å². The molecule has 0 aromatic heterocycles. The van der Waals surface area contributed by atoms with Gasteiger partial charge in [-0.15, -0.1) is 0 Å². The predicted octanol–water partition coefficient (Wildman–Crippen LogP) is 2.06. The zero-order chi connectivity index (χ0) is 13.8. The van der Waals surface area contributed by atoms with E-state index in [1.54, 1.807) is 0 Å². The van der Waals surface area contributed by atoms with Crippen LogP contribution >= 0.6 is 23.2 Å². The molecule has 7 heteroatoms. The maximum atomic E-state index is 11.6. The Hall–Kier alpha value is -1.72. The summed E-state index contributed by atoms with van der Waals surface area (Å²) in [4.78, 5) is 22.7. The summed E-state index contributed by atoms with van der Waals surface area (Å²) < 4.78 is 4.76. The van der Waals surface area contributed by atoms with Gasteiger partial charge in [0.2, 0.25) is 6.23 Å². The highest BCUT2D eigenvalue weighted by Crippen LogP contribution is 2.26. The monoisotopic (exact) mass is 300 g/mol. The summed E-state index contributed by atoms with van der Waals surface area (Å²) in [6.07, 6.45) is -1.03. The lowest BCUT2D eigenvalue weighted by Gasteiger charge is -2.13. The number of carbonyl (C=O) groups is 2. The Morgan fingerprint density at radius 3 is 2.53 bits per heavy atom. The number of nitrogens with one attached hydrogen (secondary N) is 2. The SMILES string of the molecule is O=C(NCc1ccccc1)N[C@@H]1OC(=O)C(Cl)=C1Cl. The first-order valence-electron chi connectivity index (χ1n) is 5.42. The molecule has 1 aliphatic rings. The van der Waals surface area contributed by atoms with E-state index in [1.165, 1.54) is 0 Å². The van der Waals surface area contributed by atoms with Crippen molar-refractivity contribution in [2.24, 2.45) is 0 Å². The van der Waals surface area contributed by atoms with Crippen LogP contribution in [-0.4, -0.2) is 18.2 Å². The highest BCUT2D eigenvalue weighted by atomic mass is 35.5. The van der Waals surface area contributed by atoms with Crippen molar-refractivity contribution in [3.8, 4) is 0 Å². The van der Waals surface area contributed by atoms with Crippen LogP contribution < -0.4 is 10.6 Å². The summed E-state index contributed by atoms with van der Waals surface area (Å²) in [5, 5.41) is 4.76. The van der Waals surface area contributed by atoms with Crippen LogP contribution in [0.1, 0.15) is 5.56 Å². The van der Waals surface area contributed by atoms with E-state index >= 15 is 0 Å². The van der Waals surface area contributed by atoms with Gasteiger partial charge in [0.25, 0.3) is 0 Å². The molecule has 0 aliphatic carbocycles. The largest absolute Gasteiger partial charge is 0.432 e. The Labute approximate surface area is 119 Å². The predicted molar refractivity (Wildman–Crippen MR) is 70.4 cm³/mol. The zero-order valence-corrected chi connectivity index (χ0v) is 11.2. The summed E-state index contributed by atoms with van der Waals surface area (Å²) in [7, 11) is 0. The third-order valence-corrected chi connectivity index (χ3v) is 3.24. The molecule has 1 aromatic rings. The van der Waals surface area contributed by atoms with Crippen molar-refractivity contribution in [3.05, 3.63) is 46.0 Å². The minimum Gasteiger partial charge on any atom is -0.432 e. The molecule has 2 N–H and O–H groups in total. The highest BCUT2D eigenvalue weighted by Gasteiger charge is 2.33. The highest BCUT2D eigenvalue weighted by molar-refractivity contribution is 6.48. The smallest absolute Gasteiger partial charge is 0.353 e. The second-order valence-corrected chi connectivity index (χ2v) is 4.55. The lowest BCUT2D eigenvalue weighted by molar-refractivity contribution is -0.139. The maximum Gasteiger partial charge on any atom is 0.353 e. The maximum absolute atomic E-state index is 11.6. The molecular weight excluding hydrogens is 291 g/mol. The molecule has 0 radical (unpaired) electrons. The normalized spacial score (nSPS) is 18.2. The minimum absolute atomic E-state index is 0.0264. The van der Waals surface area contributed by atoms with E-state index < -0.39 is 18.2 Å². The summed E-state index contributed by atoms with van der Waals surface area (Å²) in [5.74, 6) is -0.750. The molecule has 1 aliphatic heterocycles.